The Morgan fingerprint density at radius 2 is 2.25 bits per heavy atom. The summed E-state index contributed by atoms with van der Waals surface area (Å²) in [5.41, 5.74) is 3.04. The van der Waals surface area contributed by atoms with E-state index >= 15 is 0 Å². The lowest BCUT2D eigenvalue weighted by molar-refractivity contribution is -0.121. The van der Waals surface area contributed by atoms with Gasteiger partial charge in [-0.25, -0.2) is 0 Å². The fraction of sp³-hybridized carbons (Fsp3) is 0.444. The van der Waals surface area contributed by atoms with Gasteiger partial charge in [-0.3, -0.25) is 9.48 Å². The number of carbonyl (C=O) groups is 1. The summed E-state index contributed by atoms with van der Waals surface area (Å²) in [4.78, 5) is 11.9. The zero-order valence-corrected chi connectivity index (χ0v) is 13.9. The van der Waals surface area contributed by atoms with E-state index in [2.05, 4.69) is 10.4 Å². The molecule has 1 atom stereocenters. The number of nitrogens with zero attached hydrogens (tertiary/aromatic N) is 2. The van der Waals surface area contributed by atoms with Crippen molar-refractivity contribution in [2.45, 2.75) is 32.4 Å². The van der Waals surface area contributed by atoms with E-state index in [1.54, 1.807) is 0 Å². The molecule has 0 unspecified atom stereocenters. The molecule has 1 amide bonds. The van der Waals surface area contributed by atoms with Crippen LogP contribution in [0.1, 0.15) is 24.0 Å². The second kappa shape index (κ2) is 8.08. The highest BCUT2D eigenvalue weighted by Crippen LogP contribution is 2.13. The Morgan fingerprint density at radius 3 is 2.92 bits per heavy atom. The van der Waals surface area contributed by atoms with E-state index in [1.807, 2.05) is 48.3 Å². The van der Waals surface area contributed by atoms with Gasteiger partial charge in [0.1, 0.15) is 6.61 Å². The van der Waals surface area contributed by atoms with Crippen LogP contribution in [0.4, 0.5) is 5.69 Å². The first-order valence-electron chi connectivity index (χ1n) is 8.26. The number of hydrogen-bond acceptors (Lipinski definition) is 4. The molecule has 1 aliphatic rings. The second-order valence-corrected chi connectivity index (χ2v) is 6.11. The molecule has 1 aromatic carbocycles. The molecule has 0 radical (unpaired) electrons. The van der Waals surface area contributed by atoms with Crippen LogP contribution in [0.25, 0.3) is 0 Å². The van der Waals surface area contributed by atoms with Gasteiger partial charge in [-0.2, -0.15) is 5.10 Å². The third kappa shape index (κ3) is 4.91. The summed E-state index contributed by atoms with van der Waals surface area (Å²) in [7, 11) is 0. The summed E-state index contributed by atoms with van der Waals surface area (Å²) in [6.45, 7) is 4.06. The predicted molar refractivity (Wildman–Crippen MR) is 90.9 cm³/mol. The maximum atomic E-state index is 11.9. The lowest BCUT2D eigenvalue weighted by Crippen LogP contribution is -2.22. The van der Waals surface area contributed by atoms with E-state index in [0.29, 0.717) is 13.2 Å². The molecule has 1 aliphatic heterocycles. The third-order valence-electron chi connectivity index (χ3n) is 3.91. The Balaban J connectivity index is 1.42. The zero-order valence-electron chi connectivity index (χ0n) is 13.9. The standard InChI is InChI=1S/C18H23N3O3/c1-14-9-19-21(10-14)11-15-4-6-16(7-5-15)20-18(22)13-23-12-17-3-2-8-24-17/h4-7,9-10,17H,2-3,8,11-13H2,1H3,(H,20,22)/t17-/m1/s1. The van der Waals surface area contributed by atoms with Gasteiger partial charge in [-0.15, -0.1) is 0 Å². The van der Waals surface area contributed by atoms with Gasteiger partial charge >= 0.3 is 0 Å². The highest BCUT2D eigenvalue weighted by Gasteiger charge is 2.15. The maximum absolute atomic E-state index is 11.9. The minimum absolute atomic E-state index is 0.0498. The average Bonchev–Trinajstić information content (AvgIpc) is 3.21. The molecular formula is C18H23N3O3. The van der Waals surface area contributed by atoms with E-state index in [0.717, 1.165) is 36.3 Å². The van der Waals surface area contributed by atoms with Crippen LogP contribution in [-0.2, 0) is 20.8 Å². The predicted octanol–water partition coefficient (Wildman–Crippen LogP) is 2.37. The van der Waals surface area contributed by atoms with Crippen LogP contribution in [0, 0.1) is 6.92 Å². The minimum atomic E-state index is -0.150. The van der Waals surface area contributed by atoms with Crippen molar-refractivity contribution in [3.63, 3.8) is 0 Å². The van der Waals surface area contributed by atoms with Crippen LogP contribution in [0.2, 0.25) is 0 Å². The van der Waals surface area contributed by atoms with E-state index in [4.69, 9.17) is 9.47 Å². The summed E-state index contributed by atoms with van der Waals surface area (Å²) in [6, 6.07) is 7.76. The Bertz CT molecular complexity index is 660. The smallest absolute Gasteiger partial charge is 0.250 e. The van der Waals surface area contributed by atoms with Gasteiger partial charge in [-0.1, -0.05) is 12.1 Å². The van der Waals surface area contributed by atoms with E-state index in [-0.39, 0.29) is 18.6 Å². The van der Waals surface area contributed by atoms with E-state index < -0.39 is 0 Å². The molecule has 0 bridgehead atoms. The molecule has 128 valence electrons. The number of aryl methyl sites for hydroxylation is 1. The van der Waals surface area contributed by atoms with Gasteiger partial charge in [-0.05, 0) is 43.0 Å². The topological polar surface area (TPSA) is 65.4 Å². The van der Waals surface area contributed by atoms with Crippen molar-refractivity contribution >= 4 is 11.6 Å². The SMILES string of the molecule is Cc1cnn(Cc2ccc(NC(=O)COC[C@H]3CCCO3)cc2)c1. The van der Waals surface area contributed by atoms with Gasteiger partial charge in [0.05, 0.1) is 25.5 Å². The number of nitrogens with one attached hydrogen (secondary N) is 1. The molecule has 1 saturated heterocycles. The summed E-state index contributed by atoms with van der Waals surface area (Å²) in [5, 5.41) is 7.10. The first kappa shape index (κ1) is 16.7. The maximum Gasteiger partial charge on any atom is 0.250 e. The van der Waals surface area contributed by atoms with Gasteiger partial charge in [0.2, 0.25) is 5.91 Å². The minimum Gasteiger partial charge on any atom is -0.376 e. The highest BCUT2D eigenvalue weighted by atomic mass is 16.5. The first-order valence-corrected chi connectivity index (χ1v) is 8.26. The number of benzene rings is 1. The molecule has 6 nitrogen and oxygen atoms in total. The molecule has 2 aromatic rings. The van der Waals surface area contributed by atoms with Crippen LogP contribution >= 0.6 is 0 Å². The summed E-state index contributed by atoms with van der Waals surface area (Å²) in [6.07, 6.45) is 6.07. The molecule has 2 heterocycles. The van der Waals surface area contributed by atoms with Crippen molar-refractivity contribution < 1.29 is 14.3 Å². The molecule has 0 spiro atoms. The largest absolute Gasteiger partial charge is 0.376 e. The van der Waals surface area contributed by atoms with Crippen LogP contribution in [0.3, 0.4) is 0 Å². The fourth-order valence-corrected chi connectivity index (χ4v) is 2.69. The Kier molecular flexibility index (Phi) is 5.61. The van der Waals surface area contributed by atoms with Crippen LogP contribution in [0.5, 0.6) is 0 Å². The van der Waals surface area contributed by atoms with Crippen LogP contribution < -0.4 is 5.32 Å². The number of rotatable bonds is 7. The zero-order chi connectivity index (χ0) is 16.8. The van der Waals surface area contributed by atoms with Crippen molar-refractivity contribution in [1.82, 2.24) is 9.78 Å². The van der Waals surface area contributed by atoms with Gasteiger partial charge in [0, 0.05) is 18.5 Å². The number of aromatic nitrogens is 2. The number of hydrogen-bond donors (Lipinski definition) is 1. The average molecular weight is 329 g/mol. The van der Waals surface area contributed by atoms with Gasteiger partial charge in [0.15, 0.2) is 0 Å². The lowest BCUT2D eigenvalue weighted by atomic mass is 10.2. The molecule has 24 heavy (non-hydrogen) atoms. The Morgan fingerprint density at radius 1 is 1.42 bits per heavy atom. The van der Waals surface area contributed by atoms with Crippen LogP contribution in [-0.4, -0.2) is 41.6 Å². The van der Waals surface area contributed by atoms with Gasteiger partial charge < -0.3 is 14.8 Å². The Hall–Kier alpha value is -2.18. The first-order chi connectivity index (χ1) is 11.7. The third-order valence-corrected chi connectivity index (χ3v) is 3.91. The molecule has 1 aromatic heterocycles. The molecule has 0 saturated carbocycles. The summed E-state index contributed by atoms with van der Waals surface area (Å²) in [5.74, 6) is -0.150. The van der Waals surface area contributed by atoms with Gasteiger partial charge in [0.25, 0.3) is 0 Å². The van der Waals surface area contributed by atoms with E-state index in [9.17, 15) is 4.79 Å². The van der Waals surface area contributed by atoms with Crippen molar-refractivity contribution in [2.24, 2.45) is 0 Å². The lowest BCUT2D eigenvalue weighted by Gasteiger charge is -2.10. The van der Waals surface area contributed by atoms with Crippen molar-refractivity contribution in [1.29, 1.82) is 0 Å². The molecule has 1 fully saturated rings. The normalized spacial score (nSPS) is 17.1. The second-order valence-electron chi connectivity index (χ2n) is 6.11. The van der Waals surface area contributed by atoms with Crippen molar-refractivity contribution in [2.75, 3.05) is 25.1 Å². The molecule has 0 aliphatic carbocycles. The van der Waals surface area contributed by atoms with E-state index in [1.165, 1.54) is 0 Å². The number of anilines is 1. The summed E-state index contributed by atoms with van der Waals surface area (Å²) < 4.78 is 12.8. The molecule has 1 N–H and O–H groups in total. The number of amides is 1. The Labute approximate surface area is 141 Å². The molecule has 6 heteroatoms. The fourth-order valence-electron chi connectivity index (χ4n) is 2.69. The quantitative estimate of drug-likeness (QED) is 0.847. The summed E-state index contributed by atoms with van der Waals surface area (Å²) >= 11 is 0. The van der Waals surface area contributed by atoms with Crippen LogP contribution in [0.15, 0.2) is 36.7 Å². The molecular weight excluding hydrogens is 306 g/mol. The molecule has 3 rings (SSSR count). The monoisotopic (exact) mass is 329 g/mol. The number of ether oxygens (including phenoxy) is 2. The number of carbonyl (C=O) groups excluding carboxylic acids is 1. The van der Waals surface area contributed by atoms with Crippen molar-refractivity contribution in [3.8, 4) is 0 Å². The van der Waals surface area contributed by atoms with Crippen molar-refractivity contribution in [3.05, 3.63) is 47.8 Å². The highest BCUT2D eigenvalue weighted by molar-refractivity contribution is 5.91.